The fourth-order valence-corrected chi connectivity index (χ4v) is 3.00. The van der Waals surface area contributed by atoms with E-state index in [1.807, 2.05) is 6.92 Å². The van der Waals surface area contributed by atoms with E-state index < -0.39 is 10.0 Å². The lowest BCUT2D eigenvalue weighted by molar-refractivity contribution is 0.596. The second-order valence-electron chi connectivity index (χ2n) is 4.41. The number of hydrogen-bond acceptors (Lipinski definition) is 5. The lowest BCUT2D eigenvalue weighted by atomic mass is 10.2. The third-order valence-electron chi connectivity index (χ3n) is 2.80. The van der Waals surface area contributed by atoms with Crippen molar-refractivity contribution in [1.82, 2.24) is 20.6 Å². The van der Waals surface area contributed by atoms with Gasteiger partial charge in [-0.05, 0) is 23.8 Å². The van der Waals surface area contributed by atoms with Crippen LogP contribution < -0.4 is 4.72 Å². The number of tetrazole rings is 1. The number of sulfonamides is 1. The van der Waals surface area contributed by atoms with E-state index in [1.54, 1.807) is 24.3 Å². The molecule has 108 valence electrons. The first-order valence-corrected chi connectivity index (χ1v) is 8.11. The zero-order valence-electron chi connectivity index (χ0n) is 11.2. The Labute approximate surface area is 117 Å². The van der Waals surface area contributed by atoms with Crippen molar-refractivity contribution in [3.05, 3.63) is 24.3 Å². The lowest BCUT2D eigenvalue weighted by Gasteiger charge is -2.10. The molecule has 1 heterocycles. The Morgan fingerprint density at radius 2 is 2.05 bits per heavy atom. The molecular weight excluding hydrogens is 278 g/mol. The third kappa shape index (κ3) is 3.77. The van der Waals surface area contributed by atoms with Gasteiger partial charge in [-0.25, -0.2) is 8.42 Å². The molecule has 0 unspecified atom stereocenters. The van der Waals surface area contributed by atoms with E-state index in [0.717, 1.165) is 12.8 Å². The largest absolute Gasteiger partial charge is 0.283 e. The van der Waals surface area contributed by atoms with Crippen molar-refractivity contribution in [2.75, 3.05) is 10.5 Å². The van der Waals surface area contributed by atoms with Crippen molar-refractivity contribution in [3.8, 4) is 11.4 Å². The molecule has 20 heavy (non-hydrogen) atoms. The summed E-state index contributed by atoms with van der Waals surface area (Å²) < 4.78 is 26.6. The highest BCUT2D eigenvalue weighted by atomic mass is 32.2. The minimum absolute atomic E-state index is 0.113. The topological polar surface area (TPSA) is 101 Å². The predicted octanol–water partition coefficient (Wildman–Crippen LogP) is 1.80. The number of hydrogen-bond donors (Lipinski definition) is 2. The molecule has 0 saturated heterocycles. The molecule has 1 aromatic heterocycles. The Hall–Kier alpha value is -1.96. The minimum atomic E-state index is -3.36. The van der Waals surface area contributed by atoms with Gasteiger partial charge in [-0.1, -0.05) is 31.9 Å². The van der Waals surface area contributed by atoms with Crippen molar-refractivity contribution in [2.45, 2.75) is 26.2 Å². The normalized spacial score (nSPS) is 11.4. The molecule has 7 nitrogen and oxygen atoms in total. The third-order valence-corrected chi connectivity index (χ3v) is 4.15. The average Bonchev–Trinajstić information content (AvgIpc) is 2.93. The molecule has 0 aliphatic heterocycles. The summed E-state index contributed by atoms with van der Waals surface area (Å²) in [4.78, 5) is 0. The number of H-pyrrole nitrogens is 1. The van der Waals surface area contributed by atoms with Gasteiger partial charge >= 0.3 is 0 Å². The number of nitrogens with zero attached hydrogens (tertiary/aromatic N) is 3. The van der Waals surface area contributed by atoms with E-state index in [9.17, 15) is 8.42 Å². The van der Waals surface area contributed by atoms with E-state index in [0.29, 0.717) is 23.5 Å². The zero-order chi connectivity index (χ0) is 14.4. The van der Waals surface area contributed by atoms with Crippen LogP contribution in [-0.2, 0) is 10.0 Å². The van der Waals surface area contributed by atoms with E-state index in [-0.39, 0.29) is 5.75 Å². The fourth-order valence-electron chi connectivity index (χ4n) is 1.80. The molecule has 2 rings (SSSR count). The maximum atomic E-state index is 12.0. The smallest absolute Gasteiger partial charge is 0.232 e. The number of aromatic nitrogens is 4. The van der Waals surface area contributed by atoms with Crippen LogP contribution >= 0.6 is 0 Å². The second kappa shape index (κ2) is 6.47. The maximum Gasteiger partial charge on any atom is 0.232 e. The first-order valence-electron chi connectivity index (χ1n) is 6.46. The van der Waals surface area contributed by atoms with Gasteiger partial charge in [0.15, 0.2) is 0 Å². The molecule has 0 spiro atoms. The molecule has 2 N–H and O–H groups in total. The molecule has 0 bridgehead atoms. The van der Waals surface area contributed by atoms with Gasteiger partial charge in [0, 0.05) is 5.56 Å². The summed E-state index contributed by atoms with van der Waals surface area (Å²) in [6, 6.07) is 6.98. The molecular formula is C12H17N5O2S. The van der Waals surface area contributed by atoms with Crippen LogP contribution in [0.2, 0.25) is 0 Å². The van der Waals surface area contributed by atoms with E-state index >= 15 is 0 Å². The van der Waals surface area contributed by atoms with Crippen LogP contribution in [0.5, 0.6) is 0 Å². The minimum Gasteiger partial charge on any atom is -0.283 e. The van der Waals surface area contributed by atoms with Crippen LogP contribution in [-0.4, -0.2) is 34.8 Å². The molecule has 2 aromatic rings. The summed E-state index contributed by atoms with van der Waals surface area (Å²) in [6.07, 6.45) is 2.53. The molecule has 8 heteroatoms. The van der Waals surface area contributed by atoms with Crippen molar-refractivity contribution in [2.24, 2.45) is 0 Å². The fraction of sp³-hybridized carbons (Fsp3) is 0.417. The van der Waals surface area contributed by atoms with E-state index in [4.69, 9.17) is 0 Å². The molecule has 0 amide bonds. The lowest BCUT2D eigenvalue weighted by Crippen LogP contribution is -2.17. The first kappa shape index (κ1) is 14.4. The van der Waals surface area contributed by atoms with Gasteiger partial charge in [-0.2, -0.15) is 5.21 Å². The van der Waals surface area contributed by atoms with Gasteiger partial charge < -0.3 is 0 Å². The number of anilines is 1. The van der Waals surface area contributed by atoms with Gasteiger partial charge in [-0.15, -0.1) is 10.2 Å². The van der Waals surface area contributed by atoms with Crippen molar-refractivity contribution in [1.29, 1.82) is 0 Å². The van der Waals surface area contributed by atoms with E-state index in [1.165, 1.54) is 0 Å². The van der Waals surface area contributed by atoms with Gasteiger partial charge in [0.2, 0.25) is 15.8 Å². The van der Waals surface area contributed by atoms with Gasteiger partial charge in [0.25, 0.3) is 0 Å². The second-order valence-corrected chi connectivity index (χ2v) is 6.25. The summed E-state index contributed by atoms with van der Waals surface area (Å²) in [6.45, 7) is 2.03. The highest BCUT2D eigenvalue weighted by molar-refractivity contribution is 7.92. The van der Waals surface area contributed by atoms with Crippen LogP contribution in [0.3, 0.4) is 0 Å². The summed E-state index contributed by atoms with van der Waals surface area (Å²) in [5.41, 5.74) is 1.06. The van der Waals surface area contributed by atoms with Crippen LogP contribution in [0.4, 0.5) is 5.69 Å². The molecule has 0 atom stereocenters. The van der Waals surface area contributed by atoms with Crippen LogP contribution in [0.25, 0.3) is 11.4 Å². The molecule has 0 fully saturated rings. The SMILES string of the molecule is CCCCCS(=O)(=O)Nc1ccccc1-c1nn[nH]n1. The van der Waals surface area contributed by atoms with E-state index in [2.05, 4.69) is 25.3 Å². The summed E-state index contributed by atoms with van der Waals surface area (Å²) in [5, 5.41) is 13.6. The summed E-state index contributed by atoms with van der Waals surface area (Å²) in [7, 11) is -3.36. The molecule has 0 aliphatic rings. The average molecular weight is 295 g/mol. The van der Waals surface area contributed by atoms with Crippen molar-refractivity contribution in [3.63, 3.8) is 0 Å². The quantitative estimate of drug-likeness (QED) is 0.758. The number of aromatic amines is 1. The van der Waals surface area contributed by atoms with Crippen LogP contribution in [0, 0.1) is 0 Å². The Bertz CT molecular complexity index is 640. The van der Waals surface area contributed by atoms with Gasteiger partial charge in [-0.3, -0.25) is 4.72 Å². The van der Waals surface area contributed by atoms with Crippen molar-refractivity contribution >= 4 is 15.7 Å². The molecule has 1 aromatic carbocycles. The Kier molecular flexibility index (Phi) is 4.67. The molecule has 0 saturated carbocycles. The monoisotopic (exact) mass is 295 g/mol. The van der Waals surface area contributed by atoms with Crippen LogP contribution in [0.1, 0.15) is 26.2 Å². The predicted molar refractivity (Wildman–Crippen MR) is 76.5 cm³/mol. The summed E-state index contributed by atoms with van der Waals surface area (Å²) in [5.74, 6) is 0.471. The maximum absolute atomic E-state index is 12.0. The number of unbranched alkanes of at least 4 members (excludes halogenated alkanes) is 2. The van der Waals surface area contributed by atoms with Crippen molar-refractivity contribution < 1.29 is 8.42 Å². The zero-order valence-corrected chi connectivity index (χ0v) is 12.0. The number of rotatable bonds is 7. The molecule has 0 radical (unpaired) electrons. The Morgan fingerprint density at radius 3 is 2.75 bits per heavy atom. The highest BCUT2D eigenvalue weighted by Crippen LogP contribution is 2.25. The number of benzene rings is 1. The standard InChI is InChI=1S/C12H17N5O2S/c1-2-3-6-9-20(18,19)15-11-8-5-4-7-10(11)12-13-16-17-14-12/h4-5,7-8,15H,2-3,6,9H2,1H3,(H,13,14,16,17). The van der Waals surface area contributed by atoms with Crippen LogP contribution in [0.15, 0.2) is 24.3 Å². The Balaban J connectivity index is 2.18. The molecule has 0 aliphatic carbocycles. The van der Waals surface area contributed by atoms with Gasteiger partial charge in [0.1, 0.15) is 0 Å². The highest BCUT2D eigenvalue weighted by Gasteiger charge is 2.15. The number of nitrogens with one attached hydrogen (secondary N) is 2. The Morgan fingerprint density at radius 1 is 1.25 bits per heavy atom. The first-order chi connectivity index (χ1) is 9.62. The number of para-hydroxylation sites is 1. The summed E-state index contributed by atoms with van der Waals surface area (Å²) >= 11 is 0. The van der Waals surface area contributed by atoms with Gasteiger partial charge in [0.05, 0.1) is 11.4 Å².